The van der Waals surface area contributed by atoms with Crippen LogP contribution in [0.15, 0.2) is 47.8 Å². The van der Waals surface area contributed by atoms with Gasteiger partial charge < -0.3 is 20.3 Å². The molecular weight excluding hydrogens is 354 g/mol. The van der Waals surface area contributed by atoms with Gasteiger partial charge in [-0.15, -0.1) is 11.3 Å². The third-order valence-electron chi connectivity index (χ3n) is 3.82. The zero-order chi connectivity index (χ0) is 18.5. The van der Waals surface area contributed by atoms with Crippen molar-refractivity contribution >= 4 is 34.0 Å². The van der Waals surface area contributed by atoms with Crippen molar-refractivity contribution < 1.29 is 24.5 Å². The molecule has 0 fully saturated rings. The Morgan fingerprint density at radius 2 is 1.85 bits per heavy atom. The molecular formula is C19H17NO5S. The lowest BCUT2D eigenvalue weighted by Gasteiger charge is -2.10. The van der Waals surface area contributed by atoms with E-state index in [-0.39, 0.29) is 17.1 Å². The lowest BCUT2D eigenvalue weighted by Crippen LogP contribution is -2.30. The van der Waals surface area contributed by atoms with Gasteiger partial charge in [-0.2, -0.15) is 0 Å². The number of hydrogen-bond donors (Lipinski definition) is 3. The molecule has 1 amide bonds. The van der Waals surface area contributed by atoms with Crippen molar-refractivity contribution in [2.45, 2.75) is 6.42 Å². The first-order valence-electron chi connectivity index (χ1n) is 7.96. The van der Waals surface area contributed by atoms with E-state index in [0.29, 0.717) is 23.7 Å². The van der Waals surface area contributed by atoms with Crippen LogP contribution in [0, 0.1) is 0 Å². The molecule has 1 heterocycles. The summed E-state index contributed by atoms with van der Waals surface area (Å²) >= 11 is 1.61. The minimum atomic E-state index is -0.878. The maximum atomic E-state index is 12.2. The Kier molecular flexibility index (Phi) is 5.38. The molecule has 2 aromatic carbocycles. The summed E-state index contributed by atoms with van der Waals surface area (Å²) in [5.41, 5.74) is -0.187. The smallest absolute Gasteiger partial charge is 0.342 e. The van der Waals surface area contributed by atoms with E-state index in [0.717, 1.165) is 10.9 Å². The highest BCUT2D eigenvalue weighted by atomic mass is 32.1. The number of carbonyl (C=O) groups excluding carboxylic acids is 2. The first-order valence-corrected chi connectivity index (χ1v) is 8.84. The van der Waals surface area contributed by atoms with Crippen LogP contribution >= 0.6 is 11.3 Å². The van der Waals surface area contributed by atoms with E-state index in [4.69, 9.17) is 4.74 Å². The molecule has 134 valence electrons. The summed E-state index contributed by atoms with van der Waals surface area (Å²) in [6.07, 6.45) is 0.705. The lowest BCUT2D eigenvalue weighted by atomic mass is 10.0. The minimum absolute atomic E-state index is 0.147. The fourth-order valence-corrected chi connectivity index (χ4v) is 3.25. The number of fused-ring (bicyclic) bond motifs is 1. The molecule has 6 nitrogen and oxygen atoms in total. The molecule has 0 saturated heterocycles. The Morgan fingerprint density at radius 1 is 1.08 bits per heavy atom. The number of phenols is 2. The number of carbonyl (C=O) groups is 2. The molecule has 3 aromatic rings. The summed E-state index contributed by atoms with van der Waals surface area (Å²) in [5, 5.41) is 25.6. The van der Waals surface area contributed by atoms with E-state index in [1.165, 1.54) is 0 Å². The van der Waals surface area contributed by atoms with Gasteiger partial charge >= 0.3 is 5.97 Å². The molecule has 0 unspecified atom stereocenters. The second-order valence-corrected chi connectivity index (χ2v) is 6.63. The molecule has 0 bridgehead atoms. The summed E-state index contributed by atoms with van der Waals surface area (Å²) in [6.45, 7) is -0.0186. The van der Waals surface area contributed by atoms with Gasteiger partial charge in [0.15, 0.2) is 6.61 Å². The number of phenolic OH excluding ortho intramolecular Hbond substituents is 2. The normalized spacial score (nSPS) is 10.6. The molecule has 26 heavy (non-hydrogen) atoms. The van der Waals surface area contributed by atoms with Gasteiger partial charge in [0, 0.05) is 22.2 Å². The van der Waals surface area contributed by atoms with E-state index in [1.807, 2.05) is 17.5 Å². The molecule has 1 aromatic heterocycles. The zero-order valence-corrected chi connectivity index (χ0v) is 14.6. The van der Waals surface area contributed by atoms with Crippen LogP contribution in [0.5, 0.6) is 11.5 Å². The van der Waals surface area contributed by atoms with E-state index in [1.54, 1.807) is 35.6 Å². The van der Waals surface area contributed by atoms with Gasteiger partial charge in [0.25, 0.3) is 5.91 Å². The topological polar surface area (TPSA) is 95.9 Å². The molecule has 0 aliphatic rings. The Morgan fingerprint density at radius 3 is 2.58 bits per heavy atom. The number of nitrogens with one attached hydrogen (secondary N) is 1. The molecule has 0 radical (unpaired) electrons. The highest BCUT2D eigenvalue weighted by Crippen LogP contribution is 2.35. The predicted octanol–water partition coefficient (Wildman–Crippen LogP) is 2.83. The third-order valence-corrected chi connectivity index (χ3v) is 4.76. The Balaban J connectivity index is 1.59. The summed E-state index contributed by atoms with van der Waals surface area (Å²) in [5.74, 6) is -1.75. The summed E-state index contributed by atoms with van der Waals surface area (Å²) in [4.78, 5) is 25.1. The number of amides is 1. The number of thiophene rings is 1. The fourth-order valence-electron chi connectivity index (χ4n) is 2.54. The molecule has 3 N–H and O–H groups in total. The number of benzene rings is 2. The molecule has 0 spiro atoms. The van der Waals surface area contributed by atoms with Gasteiger partial charge in [-0.25, -0.2) is 4.79 Å². The van der Waals surface area contributed by atoms with Crippen LogP contribution in [0.2, 0.25) is 0 Å². The van der Waals surface area contributed by atoms with Crippen molar-refractivity contribution in [3.05, 3.63) is 58.3 Å². The quantitative estimate of drug-likeness (QED) is 0.457. The van der Waals surface area contributed by atoms with Crippen LogP contribution in [0.4, 0.5) is 0 Å². The van der Waals surface area contributed by atoms with Gasteiger partial charge in [0.1, 0.15) is 17.1 Å². The molecule has 0 saturated carbocycles. The van der Waals surface area contributed by atoms with Crippen molar-refractivity contribution in [3.8, 4) is 11.5 Å². The Hall–Kier alpha value is -3.06. The van der Waals surface area contributed by atoms with Crippen LogP contribution in [-0.4, -0.2) is 35.2 Å². The Bertz CT molecular complexity index is 937. The monoisotopic (exact) mass is 371 g/mol. The summed E-state index contributed by atoms with van der Waals surface area (Å²) in [6, 6.07) is 11.6. The number of hydrogen-bond acceptors (Lipinski definition) is 6. The van der Waals surface area contributed by atoms with Crippen LogP contribution in [0.1, 0.15) is 15.2 Å². The van der Waals surface area contributed by atoms with Crippen molar-refractivity contribution in [1.29, 1.82) is 0 Å². The van der Waals surface area contributed by atoms with Gasteiger partial charge in [0.05, 0.1) is 0 Å². The molecule has 0 atom stereocenters. The maximum absolute atomic E-state index is 12.2. The summed E-state index contributed by atoms with van der Waals surface area (Å²) < 4.78 is 4.94. The van der Waals surface area contributed by atoms with E-state index in [2.05, 4.69) is 5.32 Å². The van der Waals surface area contributed by atoms with Crippen LogP contribution in [0.3, 0.4) is 0 Å². The molecule has 0 aliphatic carbocycles. The predicted molar refractivity (Wildman–Crippen MR) is 98.6 cm³/mol. The SMILES string of the molecule is O=C(COC(=O)c1cc(O)c2ccccc2c1O)NCCc1cccs1. The van der Waals surface area contributed by atoms with Crippen molar-refractivity contribution in [3.63, 3.8) is 0 Å². The average molecular weight is 371 g/mol. The van der Waals surface area contributed by atoms with Crippen LogP contribution < -0.4 is 5.32 Å². The zero-order valence-electron chi connectivity index (χ0n) is 13.8. The van der Waals surface area contributed by atoms with Crippen LogP contribution in [-0.2, 0) is 16.0 Å². The standard InChI is InChI=1S/C19H17NO5S/c21-16-10-15(18(23)14-6-2-1-5-13(14)16)19(24)25-11-17(22)20-8-7-12-4-3-9-26-12/h1-6,9-10,21,23H,7-8,11H2,(H,20,22). The number of aromatic hydroxyl groups is 2. The maximum Gasteiger partial charge on any atom is 0.342 e. The highest BCUT2D eigenvalue weighted by Gasteiger charge is 2.19. The van der Waals surface area contributed by atoms with E-state index < -0.39 is 18.5 Å². The first kappa shape index (κ1) is 17.8. The van der Waals surface area contributed by atoms with Gasteiger partial charge in [-0.1, -0.05) is 30.3 Å². The Labute approximate surface area is 153 Å². The number of rotatable bonds is 6. The highest BCUT2D eigenvalue weighted by molar-refractivity contribution is 7.09. The van der Waals surface area contributed by atoms with Gasteiger partial charge in [-0.3, -0.25) is 4.79 Å². The second-order valence-electron chi connectivity index (χ2n) is 5.59. The fraction of sp³-hybridized carbons (Fsp3) is 0.158. The van der Waals surface area contributed by atoms with Crippen molar-refractivity contribution in [1.82, 2.24) is 5.32 Å². The van der Waals surface area contributed by atoms with Gasteiger partial charge in [0.2, 0.25) is 0 Å². The van der Waals surface area contributed by atoms with Crippen LogP contribution in [0.25, 0.3) is 10.8 Å². The first-order chi connectivity index (χ1) is 12.6. The van der Waals surface area contributed by atoms with E-state index in [9.17, 15) is 19.8 Å². The van der Waals surface area contributed by atoms with Crippen molar-refractivity contribution in [2.24, 2.45) is 0 Å². The molecule has 0 aliphatic heterocycles. The number of ether oxygens (including phenoxy) is 1. The van der Waals surface area contributed by atoms with Gasteiger partial charge in [-0.05, 0) is 23.9 Å². The lowest BCUT2D eigenvalue weighted by molar-refractivity contribution is -0.124. The summed E-state index contributed by atoms with van der Waals surface area (Å²) in [7, 11) is 0. The van der Waals surface area contributed by atoms with Crippen molar-refractivity contribution in [2.75, 3.05) is 13.2 Å². The van der Waals surface area contributed by atoms with E-state index >= 15 is 0 Å². The average Bonchev–Trinajstić information content (AvgIpc) is 3.16. The molecule has 7 heteroatoms. The molecule has 3 rings (SSSR count). The minimum Gasteiger partial charge on any atom is -0.507 e. The third kappa shape index (κ3) is 3.94. The second kappa shape index (κ2) is 7.88. The number of esters is 1. The largest absolute Gasteiger partial charge is 0.507 e.